The van der Waals surface area contributed by atoms with E-state index in [9.17, 15) is 14.9 Å². The zero-order chi connectivity index (χ0) is 20.5. The van der Waals surface area contributed by atoms with E-state index >= 15 is 0 Å². The molecule has 0 N–H and O–H groups in total. The van der Waals surface area contributed by atoms with E-state index in [1.165, 1.54) is 22.6 Å². The van der Waals surface area contributed by atoms with Gasteiger partial charge in [-0.2, -0.15) is 0 Å². The van der Waals surface area contributed by atoms with Crippen LogP contribution in [0.5, 0.6) is 0 Å². The molecule has 3 aromatic rings. The zero-order valence-corrected chi connectivity index (χ0v) is 17.0. The number of non-ortho nitro benzene ring substituents is 1. The molecule has 0 unspecified atom stereocenters. The Bertz CT molecular complexity index is 1080. The highest BCUT2D eigenvalue weighted by Crippen LogP contribution is 2.32. The second-order valence-electron chi connectivity index (χ2n) is 6.99. The van der Waals surface area contributed by atoms with Gasteiger partial charge in [0.15, 0.2) is 0 Å². The van der Waals surface area contributed by atoms with E-state index in [0.717, 1.165) is 34.9 Å². The van der Waals surface area contributed by atoms with Crippen LogP contribution >= 0.6 is 11.3 Å². The summed E-state index contributed by atoms with van der Waals surface area (Å²) in [4.78, 5) is 31.3. The van der Waals surface area contributed by atoms with Crippen LogP contribution in [-0.4, -0.2) is 36.0 Å². The smallest absolute Gasteiger partial charge is 0.269 e. The average molecular weight is 408 g/mol. The van der Waals surface area contributed by atoms with Gasteiger partial charge < -0.3 is 9.80 Å². The minimum absolute atomic E-state index is 0.00850. The molecule has 2 aromatic carbocycles. The number of aryl methyl sites for hydroxylation is 1. The van der Waals surface area contributed by atoms with Crippen molar-refractivity contribution in [2.24, 2.45) is 0 Å². The molecule has 29 heavy (non-hydrogen) atoms. The van der Waals surface area contributed by atoms with Gasteiger partial charge in [0.1, 0.15) is 0 Å². The maximum Gasteiger partial charge on any atom is 0.269 e. The average Bonchev–Trinajstić information content (AvgIpc) is 3.33. The number of carbonyl (C=O) groups is 1. The van der Waals surface area contributed by atoms with Gasteiger partial charge in [-0.25, -0.2) is 4.98 Å². The second kappa shape index (κ2) is 7.63. The summed E-state index contributed by atoms with van der Waals surface area (Å²) in [6, 6.07) is 12.3. The molecule has 0 radical (unpaired) electrons. The number of fused-ring (bicyclic) bond motifs is 1. The number of rotatable bonds is 5. The Morgan fingerprint density at radius 3 is 2.69 bits per heavy atom. The Hall–Kier alpha value is -3.26. The lowest BCUT2D eigenvalue weighted by Gasteiger charge is -2.23. The third kappa shape index (κ3) is 3.84. The Balaban J connectivity index is 1.47. The molecular weight excluding hydrogens is 388 g/mol. The first-order valence-electron chi connectivity index (χ1n) is 9.24. The van der Waals surface area contributed by atoms with Gasteiger partial charge in [-0.3, -0.25) is 14.9 Å². The van der Waals surface area contributed by atoms with Gasteiger partial charge in [-0.1, -0.05) is 6.07 Å². The molecule has 0 bridgehead atoms. The van der Waals surface area contributed by atoms with Gasteiger partial charge in [-0.05, 0) is 43.2 Å². The van der Waals surface area contributed by atoms with Crippen molar-refractivity contribution in [2.45, 2.75) is 13.3 Å². The molecule has 4 rings (SSSR count). The van der Waals surface area contributed by atoms with E-state index < -0.39 is 4.92 Å². The van der Waals surface area contributed by atoms with Crippen molar-refractivity contribution in [3.63, 3.8) is 0 Å². The van der Waals surface area contributed by atoms with Crippen molar-refractivity contribution >= 4 is 34.3 Å². The van der Waals surface area contributed by atoms with E-state index in [1.807, 2.05) is 6.92 Å². The van der Waals surface area contributed by atoms with Gasteiger partial charge in [0.05, 0.1) is 22.2 Å². The van der Waals surface area contributed by atoms with Crippen LogP contribution in [0.2, 0.25) is 0 Å². The van der Waals surface area contributed by atoms with Crippen LogP contribution in [0.25, 0.3) is 11.3 Å². The molecule has 148 valence electrons. The Labute approximate surface area is 172 Å². The second-order valence-corrected chi connectivity index (χ2v) is 8.06. The van der Waals surface area contributed by atoms with E-state index in [0.29, 0.717) is 5.69 Å². The van der Waals surface area contributed by atoms with E-state index in [1.54, 1.807) is 30.5 Å². The van der Waals surface area contributed by atoms with Crippen LogP contribution in [0.3, 0.4) is 0 Å². The van der Waals surface area contributed by atoms with Crippen molar-refractivity contribution in [1.82, 2.24) is 4.98 Å². The number of hydrogen-bond acceptors (Lipinski definition) is 6. The number of carbonyl (C=O) groups excluding carboxylic acids is 1. The highest BCUT2D eigenvalue weighted by atomic mass is 32.1. The molecule has 0 atom stereocenters. The molecule has 1 aliphatic heterocycles. The topological polar surface area (TPSA) is 79.6 Å². The molecule has 1 aliphatic rings. The minimum Gasteiger partial charge on any atom is -0.362 e. The molecule has 2 heterocycles. The van der Waals surface area contributed by atoms with Crippen LogP contribution in [0, 0.1) is 17.0 Å². The van der Waals surface area contributed by atoms with Crippen molar-refractivity contribution in [3.05, 3.63) is 68.5 Å². The first-order chi connectivity index (χ1) is 13.9. The number of thiazole rings is 1. The van der Waals surface area contributed by atoms with Crippen molar-refractivity contribution in [2.75, 3.05) is 29.9 Å². The van der Waals surface area contributed by atoms with Crippen LogP contribution in [-0.2, 0) is 11.2 Å². The minimum atomic E-state index is -0.450. The maximum absolute atomic E-state index is 12.8. The first-order valence-corrected chi connectivity index (χ1v) is 10.1. The SMILES string of the molecule is Cc1nc(-c2ccc3c(c2)CCN3CC(=O)N(C)c2ccc([N+](=O)[O-])cc2)cs1. The summed E-state index contributed by atoms with van der Waals surface area (Å²) in [5, 5.41) is 13.9. The number of nitro benzene ring substituents is 1. The summed E-state index contributed by atoms with van der Waals surface area (Å²) in [6.45, 7) is 3.04. The van der Waals surface area contributed by atoms with Crippen molar-refractivity contribution < 1.29 is 9.72 Å². The largest absolute Gasteiger partial charge is 0.362 e. The summed E-state index contributed by atoms with van der Waals surface area (Å²) in [6.07, 6.45) is 0.890. The molecule has 1 amide bonds. The Kier molecular flexibility index (Phi) is 5.02. The van der Waals surface area contributed by atoms with Crippen LogP contribution in [0.15, 0.2) is 47.8 Å². The van der Waals surface area contributed by atoms with Gasteiger partial charge >= 0.3 is 0 Å². The summed E-state index contributed by atoms with van der Waals surface area (Å²) >= 11 is 1.64. The number of nitrogens with zero attached hydrogens (tertiary/aromatic N) is 4. The Morgan fingerprint density at radius 1 is 1.28 bits per heavy atom. The molecule has 0 saturated heterocycles. The molecule has 0 saturated carbocycles. The number of benzene rings is 2. The predicted molar refractivity (Wildman–Crippen MR) is 115 cm³/mol. The molecule has 0 fully saturated rings. The molecule has 0 aliphatic carbocycles. The third-order valence-corrected chi connectivity index (χ3v) is 5.91. The van der Waals surface area contributed by atoms with Crippen molar-refractivity contribution in [3.8, 4) is 11.3 Å². The summed E-state index contributed by atoms with van der Waals surface area (Å²) in [5.41, 5.74) is 5.03. The van der Waals surface area contributed by atoms with Crippen molar-refractivity contribution in [1.29, 1.82) is 0 Å². The van der Waals surface area contributed by atoms with Gasteiger partial charge in [0.2, 0.25) is 5.91 Å². The normalized spacial score (nSPS) is 12.7. The van der Waals surface area contributed by atoms with Crippen LogP contribution < -0.4 is 9.80 Å². The maximum atomic E-state index is 12.8. The van der Waals surface area contributed by atoms with Gasteiger partial charge in [0.25, 0.3) is 5.69 Å². The molecule has 8 heteroatoms. The third-order valence-electron chi connectivity index (χ3n) is 5.13. The molecular formula is C21H20N4O3S. The number of nitro groups is 1. The fourth-order valence-corrected chi connectivity index (χ4v) is 4.12. The zero-order valence-electron chi connectivity index (χ0n) is 16.2. The quantitative estimate of drug-likeness (QED) is 0.470. The lowest BCUT2D eigenvalue weighted by atomic mass is 10.1. The summed E-state index contributed by atoms with van der Waals surface area (Å²) < 4.78 is 0. The van der Waals surface area contributed by atoms with E-state index in [2.05, 4.69) is 33.5 Å². The summed E-state index contributed by atoms with van der Waals surface area (Å²) in [7, 11) is 1.69. The fraction of sp³-hybridized carbons (Fsp3) is 0.238. The monoisotopic (exact) mass is 408 g/mol. The summed E-state index contributed by atoms with van der Waals surface area (Å²) in [5.74, 6) is -0.0640. The first kappa shape index (κ1) is 19.1. The lowest BCUT2D eigenvalue weighted by Crippen LogP contribution is -2.37. The van der Waals surface area contributed by atoms with Crippen LogP contribution in [0.4, 0.5) is 17.1 Å². The number of hydrogen-bond donors (Lipinski definition) is 0. The highest BCUT2D eigenvalue weighted by molar-refractivity contribution is 7.09. The fourth-order valence-electron chi connectivity index (χ4n) is 3.50. The van der Waals surface area contributed by atoms with Gasteiger partial charge in [0, 0.05) is 48.0 Å². The van der Waals surface area contributed by atoms with E-state index in [4.69, 9.17) is 0 Å². The lowest BCUT2D eigenvalue weighted by molar-refractivity contribution is -0.384. The number of amides is 1. The highest BCUT2D eigenvalue weighted by Gasteiger charge is 2.24. The Morgan fingerprint density at radius 2 is 2.03 bits per heavy atom. The standard InChI is InChI=1S/C21H20N4O3S/c1-14-22-19(13-29-14)15-3-8-20-16(11-15)9-10-24(20)12-21(26)23(2)17-4-6-18(7-5-17)25(27)28/h3-8,11,13H,9-10,12H2,1-2H3. The predicted octanol–water partition coefficient (Wildman–Crippen LogP) is 4.05. The number of likely N-dealkylation sites (N-methyl/N-ethyl adjacent to an activating group) is 1. The van der Waals surface area contributed by atoms with Crippen LogP contribution in [0.1, 0.15) is 10.6 Å². The van der Waals surface area contributed by atoms with Gasteiger partial charge in [-0.15, -0.1) is 11.3 Å². The number of aromatic nitrogens is 1. The molecule has 0 spiro atoms. The molecule has 7 nitrogen and oxygen atoms in total. The van der Waals surface area contributed by atoms with E-state index in [-0.39, 0.29) is 18.1 Å². The number of anilines is 2. The molecule has 1 aromatic heterocycles.